The number of guanidine groups is 1. The maximum absolute atomic E-state index is 4.61. The topological polar surface area (TPSA) is 78.0 Å². The van der Waals surface area contributed by atoms with Crippen molar-refractivity contribution in [3.8, 4) is 0 Å². The summed E-state index contributed by atoms with van der Waals surface area (Å²) in [5.74, 6) is 0.852. The van der Waals surface area contributed by atoms with Gasteiger partial charge in [0.25, 0.3) is 0 Å². The van der Waals surface area contributed by atoms with E-state index in [-0.39, 0.29) is 0 Å². The van der Waals surface area contributed by atoms with E-state index in [4.69, 9.17) is 0 Å². The van der Waals surface area contributed by atoms with Crippen molar-refractivity contribution < 1.29 is 0 Å². The summed E-state index contributed by atoms with van der Waals surface area (Å²) >= 11 is 1.74. The minimum atomic E-state index is 0.626. The average molecular weight is 334 g/mol. The van der Waals surface area contributed by atoms with Gasteiger partial charge in [0.1, 0.15) is 5.01 Å². The number of aromatic amines is 1. The van der Waals surface area contributed by atoms with Crippen molar-refractivity contribution in [2.45, 2.75) is 46.6 Å². The van der Waals surface area contributed by atoms with Crippen molar-refractivity contribution in [1.29, 1.82) is 0 Å². The van der Waals surface area contributed by atoms with E-state index in [1.54, 1.807) is 11.3 Å². The fourth-order valence-electron chi connectivity index (χ4n) is 2.19. The molecule has 0 unspecified atom stereocenters. The number of aliphatic imine (C=N–C) groups is 1. The molecule has 0 saturated carbocycles. The summed E-state index contributed by atoms with van der Waals surface area (Å²) in [4.78, 5) is 10.3. The molecule has 0 spiro atoms. The first-order chi connectivity index (χ1) is 11.2. The Morgan fingerprint density at radius 2 is 2.17 bits per heavy atom. The van der Waals surface area contributed by atoms with Gasteiger partial charge < -0.3 is 10.6 Å². The summed E-state index contributed by atoms with van der Waals surface area (Å²) in [6, 6.07) is 0. The Kier molecular flexibility index (Phi) is 7.06. The van der Waals surface area contributed by atoms with Crippen LogP contribution in [0.5, 0.6) is 0 Å². The Morgan fingerprint density at radius 1 is 1.30 bits per heavy atom. The van der Waals surface area contributed by atoms with Crippen molar-refractivity contribution in [1.82, 2.24) is 25.8 Å². The molecule has 3 N–H and O–H groups in total. The average Bonchev–Trinajstić information content (AvgIpc) is 3.18. The van der Waals surface area contributed by atoms with Gasteiger partial charge in [-0.05, 0) is 38.7 Å². The largest absolute Gasteiger partial charge is 0.357 e. The Bertz CT molecular complexity index is 616. The minimum Gasteiger partial charge on any atom is -0.357 e. The molecule has 0 aliphatic carbocycles. The Morgan fingerprint density at radius 3 is 2.83 bits per heavy atom. The predicted molar refractivity (Wildman–Crippen MR) is 96.0 cm³/mol. The van der Waals surface area contributed by atoms with Crippen LogP contribution in [-0.4, -0.2) is 34.2 Å². The highest BCUT2D eigenvalue weighted by Crippen LogP contribution is 2.13. The molecular formula is C16H26N6S. The van der Waals surface area contributed by atoms with Crippen LogP contribution in [0.4, 0.5) is 0 Å². The monoisotopic (exact) mass is 334 g/mol. The van der Waals surface area contributed by atoms with E-state index in [9.17, 15) is 0 Å². The fraction of sp³-hybridized carbons (Fsp3) is 0.562. The number of aryl methyl sites for hydroxylation is 3. The molecule has 0 radical (unpaired) electrons. The number of nitrogens with one attached hydrogen (secondary N) is 3. The van der Waals surface area contributed by atoms with Gasteiger partial charge in [-0.3, -0.25) is 5.10 Å². The second-order valence-corrected chi connectivity index (χ2v) is 6.52. The number of aromatic nitrogens is 3. The third kappa shape index (κ3) is 5.67. The van der Waals surface area contributed by atoms with Crippen LogP contribution in [-0.2, 0) is 19.4 Å². The summed E-state index contributed by atoms with van der Waals surface area (Å²) in [5.41, 5.74) is 2.43. The first-order valence-electron chi connectivity index (χ1n) is 8.17. The van der Waals surface area contributed by atoms with Crippen LogP contribution in [0.15, 0.2) is 17.4 Å². The number of H-pyrrole nitrogens is 1. The highest BCUT2D eigenvalue weighted by molar-refractivity contribution is 7.11. The van der Waals surface area contributed by atoms with Crippen LogP contribution in [0, 0.1) is 6.92 Å². The first kappa shape index (κ1) is 17.5. The van der Waals surface area contributed by atoms with Crippen molar-refractivity contribution >= 4 is 17.3 Å². The van der Waals surface area contributed by atoms with Gasteiger partial charge in [0.2, 0.25) is 0 Å². The van der Waals surface area contributed by atoms with Gasteiger partial charge in [-0.1, -0.05) is 6.92 Å². The molecule has 0 aliphatic heterocycles. The number of hydrogen-bond donors (Lipinski definition) is 3. The van der Waals surface area contributed by atoms with Gasteiger partial charge >= 0.3 is 0 Å². The predicted octanol–water partition coefficient (Wildman–Crippen LogP) is 2.42. The minimum absolute atomic E-state index is 0.626. The number of nitrogens with zero attached hydrogens (tertiary/aromatic N) is 3. The van der Waals surface area contributed by atoms with Gasteiger partial charge in [0.05, 0.1) is 12.7 Å². The molecule has 2 aromatic heterocycles. The molecule has 2 rings (SSSR count). The summed E-state index contributed by atoms with van der Waals surface area (Å²) in [7, 11) is 0. The summed E-state index contributed by atoms with van der Waals surface area (Å²) in [6.45, 7) is 8.64. The van der Waals surface area contributed by atoms with Crippen molar-refractivity contribution in [2.75, 3.05) is 13.1 Å². The summed E-state index contributed by atoms with van der Waals surface area (Å²) < 4.78 is 0. The fourth-order valence-corrected chi connectivity index (χ4v) is 2.97. The maximum atomic E-state index is 4.61. The molecule has 2 heterocycles. The molecule has 126 valence electrons. The molecule has 0 bridgehead atoms. The zero-order chi connectivity index (χ0) is 16.5. The zero-order valence-electron chi connectivity index (χ0n) is 14.1. The van der Waals surface area contributed by atoms with Gasteiger partial charge in [-0.15, -0.1) is 11.3 Å². The van der Waals surface area contributed by atoms with Gasteiger partial charge in [0, 0.05) is 29.9 Å². The lowest BCUT2D eigenvalue weighted by molar-refractivity contribution is 0.742. The second kappa shape index (κ2) is 9.29. The molecule has 2 aromatic rings. The van der Waals surface area contributed by atoms with E-state index in [1.807, 2.05) is 12.4 Å². The summed E-state index contributed by atoms with van der Waals surface area (Å²) in [5, 5.41) is 14.7. The second-order valence-electron chi connectivity index (χ2n) is 5.32. The molecule has 0 atom stereocenters. The molecule has 0 aliphatic rings. The standard InChI is InChI=1S/C16H26N6S/c1-4-14-10-19-15(23-14)11-20-16(17-5-2)18-8-6-7-13-9-21-22-12(13)3/h9-10H,4-8,11H2,1-3H3,(H,21,22)(H2,17,18,20). The lowest BCUT2D eigenvalue weighted by atomic mass is 10.1. The molecule has 0 fully saturated rings. The van der Waals surface area contributed by atoms with E-state index < -0.39 is 0 Å². The molecule has 23 heavy (non-hydrogen) atoms. The van der Waals surface area contributed by atoms with E-state index in [2.05, 4.69) is 51.6 Å². The Hall–Kier alpha value is -1.89. The van der Waals surface area contributed by atoms with Crippen molar-refractivity contribution in [3.63, 3.8) is 0 Å². The lowest BCUT2D eigenvalue weighted by Gasteiger charge is -2.10. The molecule has 0 aromatic carbocycles. The molecule has 0 saturated heterocycles. The van der Waals surface area contributed by atoms with Crippen LogP contribution in [0.1, 0.15) is 41.4 Å². The van der Waals surface area contributed by atoms with Crippen LogP contribution in [0.2, 0.25) is 0 Å². The number of thiazole rings is 1. The normalized spacial score (nSPS) is 11.7. The molecule has 6 nitrogen and oxygen atoms in total. The Labute approximate surface area is 141 Å². The highest BCUT2D eigenvalue weighted by atomic mass is 32.1. The van der Waals surface area contributed by atoms with Gasteiger partial charge in [-0.2, -0.15) is 5.10 Å². The maximum Gasteiger partial charge on any atom is 0.191 e. The van der Waals surface area contributed by atoms with E-state index in [1.165, 1.54) is 10.4 Å². The summed E-state index contributed by atoms with van der Waals surface area (Å²) in [6.07, 6.45) is 6.95. The van der Waals surface area contributed by atoms with E-state index >= 15 is 0 Å². The van der Waals surface area contributed by atoms with Gasteiger partial charge in [-0.25, -0.2) is 9.98 Å². The van der Waals surface area contributed by atoms with Crippen LogP contribution < -0.4 is 10.6 Å². The SMILES string of the molecule is CCNC(=NCc1ncc(CC)s1)NCCCc1cn[nH]c1C. The number of hydrogen-bond acceptors (Lipinski definition) is 4. The lowest BCUT2D eigenvalue weighted by Crippen LogP contribution is -2.37. The van der Waals surface area contributed by atoms with E-state index in [0.29, 0.717) is 6.54 Å². The van der Waals surface area contributed by atoms with Crippen LogP contribution in [0.3, 0.4) is 0 Å². The van der Waals surface area contributed by atoms with E-state index in [0.717, 1.165) is 49.0 Å². The molecule has 7 heteroatoms. The number of rotatable bonds is 8. The molecule has 0 amide bonds. The Balaban J connectivity index is 1.78. The van der Waals surface area contributed by atoms with Crippen LogP contribution in [0.25, 0.3) is 0 Å². The van der Waals surface area contributed by atoms with Gasteiger partial charge in [0.15, 0.2) is 5.96 Å². The zero-order valence-corrected chi connectivity index (χ0v) is 15.0. The third-order valence-corrected chi connectivity index (χ3v) is 4.64. The highest BCUT2D eigenvalue weighted by Gasteiger charge is 2.03. The smallest absolute Gasteiger partial charge is 0.191 e. The first-order valence-corrected chi connectivity index (χ1v) is 8.99. The van der Waals surface area contributed by atoms with Crippen molar-refractivity contribution in [3.05, 3.63) is 33.5 Å². The third-order valence-electron chi connectivity index (χ3n) is 3.52. The molecular weight excluding hydrogens is 308 g/mol. The van der Waals surface area contributed by atoms with Crippen LogP contribution >= 0.6 is 11.3 Å². The van der Waals surface area contributed by atoms with Crippen molar-refractivity contribution in [2.24, 2.45) is 4.99 Å². The quantitative estimate of drug-likeness (QED) is 0.394.